The number of halogens is 1. The van der Waals surface area contributed by atoms with Crippen LogP contribution in [0.15, 0.2) is 48.7 Å². The summed E-state index contributed by atoms with van der Waals surface area (Å²) in [6.07, 6.45) is 1.67. The number of rotatable bonds is 4. The van der Waals surface area contributed by atoms with Crippen LogP contribution in [0.25, 0.3) is 5.65 Å². The van der Waals surface area contributed by atoms with Crippen molar-refractivity contribution in [3.63, 3.8) is 0 Å². The van der Waals surface area contributed by atoms with Gasteiger partial charge in [0, 0.05) is 6.20 Å². The van der Waals surface area contributed by atoms with Gasteiger partial charge in [-0.1, -0.05) is 18.2 Å². The summed E-state index contributed by atoms with van der Waals surface area (Å²) in [4.78, 5) is 4.06. The number of benzene rings is 1. The van der Waals surface area contributed by atoms with Crippen molar-refractivity contribution in [3.05, 3.63) is 60.0 Å². The summed E-state index contributed by atoms with van der Waals surface area (Å²) >= 11 is 0. The van der Waals surface area contributed by atoms with Gasteiger partial charge < -0.3 is 0 Å². The number of sulfonamides is 1. The molecule has 0 aliphatic heterocycles. The predicted octanol–water partition coefficient (Wildman–Crippen LogP) is 1.81. The number of nitrogens with one attached hydrogen (secondary N) is 1. The van der Waals surface area contributed by atoms with Crippen molar-refractivity contribution in [1.29, 1.82) is 0 Å². The zero-order chi connectivity index (χ0) is 14.9. The highest BCUT2D eigenvalue weighted by atomic mass is 32.2. The molecule has 3 rings (SSSR count). The lowest BCUT2D eigenvalue weighted by molar-refractivity contribution is 0.599. The van der Waals surface area contributed by atoms with Crippen LogP contribution < -0.4 is 4.72 Å². The number of anilines is 1. The van der Waals surface area contributed by atoms with Crippen LogP contribution in [-0.2, 0) is 15.8 Å². The Bertz CT molecular complexity index is 842. The number of nitrogens with zero attached hydrogens (tertiary/aromatic N) is 3. The van der Waals surface area contributed by atoms with Crippen molar-refractivity contribution in [3.8, 4) is 0 Å². The van der Waals surface area contributed by atoms with Crippen molar-refractivity contribution in [1.82, 2.24) is 14.6 Å². The van der Waals surface area contributed by atoms with Crippen LogP contribution in [-0.4, -0.2) is 23.0 Å². The lowest BCUT2D eigenvalue weighted by Gasteiger charge is -2.04. The first kappa shape index (κ1) is 13.5. The van der Waals surface area contributed by atoms with E-state index in [0.29, 0.717) is 11.2 Å². The lowest BCUT2D eigenvalue weighted by atomic mass is 10.2. The third kappa shape index (κ3) is 3.16. The number of hydrogen-bond acceptors (Lipinski definition) is 4. The SMILES string of the molecule is O=S(=O)(Cc1ccc(F)cc1)Nc1nc2ccccn2n1. The van der Waals surface area contributed by atoms with Gasteiger partial charge in [-0.3, -0.25) is 0 Å². The van der Waals surface area contributed by atoms with E-state index in [1.807, 2.05) is 0 Å². The molecule has 0 fully saturated rings. The molecule has 1 N–H and O–H groups in total. The maximum atomic E-state index is 12.8. The van der Waals surface area contributed by atoms with Crippen molar-refractivity contribution in [2.24, 2.45) is 0 Å². The molecule has 0 bridgehead atoms. The van der Waals surface area contributed by atoms with E-state index in [1.165, 1.54) is 28.8 Å². The Balaban J connectivity index is 1.80. The minimum Gasteiger partial charge on any atom is -0.250 e. The highest BCUT2D eigenvalue weighted by Crippen LogP contribution is 2.11. The van der Waals surface area contributed by atoms with Gasteiger partial charge in [0.15, 0.2) is 5.65 Å². The van der Waals surface area contributed by atoms with Gasteiger partial charge in [0.05, 0.1) is 5.75 Å². The first-order valence-electron chi connectivity index (χ1n) is 6.08. The Hall–Kier alpha value is -2.48. The fraction of sp³-hybridized carbons (Fsp3) is 0.0769. The minimum absolute atomic E-state index is 0.00307. The van der Waals surface area contributed by atoms with Crippen LogP contribution >= 0.6 is 0 Å². The Morgan fingerprint density at radius 3 is 2.62 bits per heavy atom. The van der Waals surface area contributed by atoms with Crippen LogP contribution in [0, 0.1) is 5.82 Å². The summed E-state index contributed by atoms with van der Waals surface area (Å²) < 4.78 is 40.6. The van der Waals surface area contributed by atoms with Crippen LogP contribution in [0.1, 0.15) is 5.56 Å². The van der Waals surface area contributed by atoms with Gasteiger partial charge in [-0.2, -0.15) is 4.98 Å². The summed E-state index contributed by atoms with van der Waals surface area (Å²) in [5.41, 5.74) is 1.02. The molecular weight excluding hydrogens is 295 g/mol. The summed E-state index contributed by atoms with van der Waals surface area (Å²) in [5, 5.41) is 4.01. The Morgan fingerprint density at radius 2 is 1.90 bits per heavy atom. The quantitative estimate of drug-likeness (QED) is 0.797. The van der Waals surface area contributed by atoms with E-state index in [4.69, 9.17) is 0 Å². The van der Waals surface area contributed by atoms with E-state index in [2.05, 4.69) is 14.8 Å². The third-order valence-corrected chi connectivity index (χ3v) is 3.96. The molecule has 2 aromatic heterocycles. The normalized spacial score (nSPS) is 11.7. The number of fused-ring (bicyclic) bond motifs is 1. The van der Waals surface area contributed by atoms with Gasteiger partial charge in [-0.15, -0.1) is 5.10 Å². The molecule has 8 heteroatoms. The molecule has 0 atom stereocenters. The molecule has 0 aliphatic rings. The van der Waals surface area contributed by atoms with Crippen molar-refractivity contribution in [2.45, 2.75) is 5.75 Å². The van der Waals surface area contributed by atoms with Gasteiger partial charge in [0.25, 0.3) is 5.95 Å². The first-order chi connectivity index (χ1) is 10.0. The van der Waals surface area contributed by atoms with E-state index in [-0.39, 0.29) is 11.7 Å². The van der Waals surface area contributed by atoms with Gasteiger partial charge in [-0.25, -0.2) is 22.0 Å². The Kier molecular flexibility index (Phi) is 3.30. The predicted molar refractivity (Wildman–Crippen MR) is 75.6 cm³/mol. The molecule has 0 saturated heterocycles. The molecular formula is C13H11FN4O2S. The highest BCUT2D eigenvalue weighted by molar-refractivity contribution is 7.91. The minimum atomic E-state index is -3.66. The zero-order valence-electron chi connectivity index (χ0n) is 10.8. The second kappa shape index (κ2) is 5.13. The first-order valence-corrected chi connectivity index (χ1v) is 7.73. The molecule has 108 valence electrons. The second-order valence-corrected chi connectivity index (χ2v) is 6.15. The molecule has 0 radical (unpaired) electrons. The highest BCUT2D eigenvalue weighted by Gasteiger charge is 2.15. The summed E-state index contributed by atoms with van der Waals surface area (Å²) in [6.45, 7) is 0. The largest absolute Gasteiger partial charge is 0.256 e. The van der Waals surface area contributed by atoms with E-state index >= 15 is 0 Å². The van der Waals surface area contributed by atoms with Crippen LogP contribution in [0.3, 0.4) is 0 Å². The van der Waals surface area contributed by atoms with E-state index in [0.717, 1.165) is 0 Å². The van der Waals surface area contributed by atoms with E-state index in [1.54, 1.807) is 24.4 Å². The summed E-state index contributed by atoms with van der Waals surface area (Å²) in [5.74, 6) is -0.683. The molecule has 3 aromatic rings. The molecule has 2 heterocycles. The summed E-state index contributed by atoms with van der Waals surface area (Å²) in [7, 11) is -3.66. The topological polar surface area (TPSA) is 76.4 Å². The standard InChI is InChI=1S/C13H11FN4O2S/c14-11-6-4-10(5-7-11)9-21(19,20)17-13-15-12-3-1-2-8-18(12)16-13/h1-8H,9H2,(H,16,17). The molecule has 0 spiro atoms. The molecule has 6 nitrogen and oxygen atoms in total. The smallest absolute Gasteiger partial charge is 0.250 e. The second-order valence-electron chi connectivity index (χ2n) is 4.43. The van der Waals surface area contributed by atoms with Crippen molar-refractivity contribution >= 4 is 21.6 Å². The molecule has 0 aliphatic carbocycles. The zero-order valence-corrected chi connectivity index (χ0v) is 11.6. The molecule has 21 heavy (non-hydrogen) atoms. The van der Waals surface area contributed by atoms with Crippen molar-refractivity contribution < 1.29 is 12.8 Å². The maximum absolute atomic E-state index is 12.8. The van der Waals surface area contributed by atoms with Crippen LogP contribution in [0.4, 0.5) is 10.3 Å². The average molecular weight is 306 g/mol. The van der Waals surface area contributed by atoms with Gasteiger partial charge in [0.1, 0.15) is 5.82 Å². The van der Waals surface area contributed by atoms with E-state index in [9.17, 15) is 12.8 Å². The fourth-order valence-electron chi connectivity index (χ4n) is 1.85. The maximum Gasteiger partial charge on any atom is 0.256 e. The van der Waals surface area contributed by atoms with Gasteiger partial charge >= 0.3 is 0 Å². The third-order valence-electron chi connectivity index (χ3n) is 2.76. The fourth-order valence-corrected chi connectivity index (χ4v) is 2.92. The summed E-state index contributed by atoms with van der Waals surface area (Å²) in [6, 6.07) is 10.5. The van der Waals surface area contributed by atoms with Crippen LogP contribution in [0.2, 0.25) is 0 Å². The van der Waals surface area contributed by atoms with E-state index < -0.39 is 15.8 Å². The molecule has 0 saturated carbocycles. The lowest BCUT2D eigenvalue weighted by Crippen LogP contribution is -2.16. The number of pyridine rings is 1. The molecule has 0 amide bonds. The van der Waals surface area contributed by atoms with Crippen molar-refractivity contribution in [2.75, 3.05) is 4.72 Å². The van der Waals surface area contributed by atoms with Gasteiger partial charge in [0.2, 0.25) is 10.0 Å². The van der Waals surface area contributed by atoms with Gasteiger partial charge in [-0.05, 0) is 29.8 Å². The molecule has 1 aromatic carbocycles. The monoisotopic (exact) mass is 306 g/mol. The number of hydrogen-bond donors (Lipinski definition) is 1. The Morgan fingerprint density at radius 1 is 1.14 bits per heavy atom. The molecule has 0 unspecified atom stereocenters. The Labute approximate surface area is 120 Å². The average Bonchev–Trinajstić information content (AvgIpc) is 2.82. The number of aromatic nitrogens is 3. The van der Waals surface area contributed by atoms with Crippen LogP contribution in [0.5, 0.6) is 0 Å².